The highest BCUT2D eigenvalue weighted by molar-refractivity contribution is 7.80. The van der Waals surface area contributed by atoms with Crippen molar-refractivity contribution in [3.8, 4) is 0 Å². The molecule has 0 spiro atoms. The Kier molecular flexibility index (Phi) is 9.50. The van der Waals surface area contributed by atoms with Crippen LogP contribution in [-0.2, 0) is 20.7 Å². The number of rotatable bonds is 9. The lowest BCUT2D eigenvalue weighted by Crippen LogP contribution is -2.55. The molecule has 3 amide bonds. The van der Waals surface area contributed by atoms with E-state index in [1.54, 1.807) is 25.7 Å². The molecule has 7 nitrogen and oxygen atoms in total. The Morgan fingerprint density at radius 1 is 1.06 bits per heavy atom. The van der Waals surface area contributed by atoms with Crippen molar-refractivity contribution < 1.29 is 19.1 Å². The lowest BCUT2D eigenvalue weighted by molar-refractivity contribution is -0.143. The number of thiol groups is 1. The van der Waals surface area contributed by atoms with Crippen LogP contribution < -0.4 is 10.6 Å². The Labute approximate surface area is 215 Å². The molecule has 0 aliphatic heterocycles. The van der Waals surface area contributed by atoms with Crippen molar-refractivity contribution in [2.24, 2.45) is 0 Å². The highest BCUT2D eigenvalue weighted by Gasteiger charge is 2.44. The highest BCUT2D eigenvalue weighted by atomic mass is 32.1. The molecule has 8 heteroatoms. The van der Waals surface area contributed by atoms with Gasteiger partial charge in [-0.15, -0.1) is 0 Å². The van der Waals surface area contributed by atoms with Crippen LogP contribution in [0.4, 0.5) is 4.79 Å². The molecule has 2 fully saturated rings. The van der Waals surface area contributed by atoms with Crippen molar-refractivity contribution in [2.75, 3.05) is 5.75 Å². The lowest BCUT2D eigenvalue weighted by atomic mass is 9.94. The third kappa shape index (κ3) is 7.89. The van der Waals surface area contributed by atoms with Crippen LogP contribution in [0.5, 0.6) is 0 Å². The monoisotopic (exact) mass is 503 g/mol. The predicted molar refractivity (Wildman–Crippen MR) is 140 cm³/mol. The minimum atomic E-state index is -0.895. The zero-order chi connectivity index (χ0) is 25.6. The molecule has 0 heterocycles. The summed E-state index contributed by atoms with van der Waals surface area (Å²) < 4.78 is 5.36. The third-order valence-electron chi connectivity index (χ3n) is 6.55. The van der Waals surface area contributed by atoms with Gasteiger partial charge in [-0.3, -0.25) is 9.59 Å². The van der Waals surface area contributed by atoms with Crippen molar-refractivity contribution in [2.45, 2.75) is 109 Å². The second-order valence-corrected chi connectivity index (χ2v) is 11.1. The maximum absolute atomic E-state index is 13.8. The van der Waals surface area contributed by atoms with Gasteiger partial charge in [0.15, 0.2) is 0 Å². The highest BCUT2D eigenvalue weighted by Crippen LogP contribution is 2.36. The van der Waals surface area contributed by atoms with E-state index in [1.165, 1.54) is 12.0 Å². The molecule has 2 atom stereocenters. The second-order valence-electron chi connectivity index (χ2n) is 10.7. The Morgan fingerprint density at radius 3 is 2.20 bits per heavy atom. The Hall–Kier alpha value is -2.22. The zero-order valence-corrected chi connectivity index (χ0v) is 22.4. The van der Waals surface area contributed by atoms with E-state index in [4.69, 9.17) is 4.74 Å². The molecule has 0 bridgehead atoms. The van der Waals surface area contributed by atoms with Crippen LogP contribution in [0.25, 0.3) is 0 Å². The molecule has 2 N–H and O–H groups in total. The van der Waals surface area contributed by atoms with Gasteiger partial charge in [-0.25, -0.2) is 4.79 Å². The van der Waals surface area contributed by atoms with Crippen molar-refractivity contribution in [3.05, 3.63) is 35.4 Å². The van der Waals surface area contributed by atoms with Gasteiger partial charge in [-0.2, -0.15) is 12.6 Å². The summed E-state index contributed by atoms with van der Waals surface area (Å²) in [7, 11) is 0. The topological polar surface area (TPSA) is 87.7 Å². The van der Waals surface area contributed by atoms with Crippen molar-refractivity contribution in [1.82, 2.24) is 15.5 Å². The quantitative estimate of drug-likeness (QED) is 0.432. The Morgan fingerprint density at radius 2 is 1.69 bits per heavy atom. The molecule has 3 rings (SSSR count). The number of ether oxygens (including phenoxy) is 1. The first-order chi connectivity index (χ1) is 16.6. The molecular formula is C27H41N3O4S. The molecule has 35 heavy (non-hydrogen) atoms. The van der Waals surface area contributed by atoms with Crippen molar-refractivity contribution in [3.63, 3.8) is 0 Å². The van der Waals surface area contributed by atoms with E-state index in [9.17, 15) is 14.4 Å². The number of carbonyl (C=O) groups is 3. The summed E-state index contributed by atoms with van der Waals surface area (Å²) >= 11 is 4.35. The number of amides is 3. The van der Waals surface area contributed by atoms with Crippen molar-refractivity contribution >= 4 is 30.5 Å². The number of alkyl carbamates (subject to hydrolysis) is 1. The normalized spacial score (nSPS) is 18.3. The Balaban J connectivity index is 1.88. The minimum Gasteiger partial charge on any atom is -0.444 e. The van der Waals surface area contributed by atoms with E-state index in [2.05, 4.69) is 30.2 Å². The number of nitrogens with one attached hydrogen (secondary N) is 2. The summed E-state index contributed by atoms with van der Waals surface area (Å²) in [6, 6.07) is 6.36. The molecule has 2 aliphatic carbocycles. The molecule has 2 aliphatic rings. The van der Waals surface area contributed by atoms with Gasteiger partial charge in [0.25, 0.3) is 0 Å². The molecule has 2 saturated carbocycles. The van der Waals surface area contributed by atoms with Gasteiger partial charge in [0, 0.05) is 17.8 Å². The van der Waals surface area contributed by atoms with Crippen LogP contribution >= 0.6 is 12.6 Å². The minimum absolute atomic E-state index is 0.0433. The van der Waals surface area contributed by atoms with Gasteiger partial charge in [0.05, 0.1) is 0 Å². The van der Waals surface area contributed by atoms with Crippen LogP contribution in [0, 0.1) is 0 Å². The van der Waals surface area contributed by atoms with Gasteiger partial charge in [0.1, 0.15) is 17.7 Å². The van der Waals surface area contributed by atoms with Crippen molar-refractivity contribution in [1.29, 1.82) is 0 Å². The van der Waals surface area contributed by atoms with E-state index in [0.29, 0.717) is 0 Å². The predicted octanol–water partition coefficient (Wildman–Crippen LogP) is 4.55. The number of benzene rings is 1. The average Bonchev–Trinajstić information content (AvgIpc) is 3.65. The van der Waals surface area contributed by atoms with Crippen LogP contribution in [0.3, 0.4) is 0 Å². The molecule has 1 aromatic carbocycles. The van der Waals surface area contributed by atoms with E-state index < -0.39 is 23.8 Å². The fourth-order valence-electron chi connectivity index (χ4n) is 4.59. The maximum Gasteiger partial charge on any atom is 0.408 e. The summed E-state index contributed by atoms with van der Waals surface area (Å²) in [5, 5.41) is 5.90. The number of carbonyl (C=O) groups excluding carboxylic acids is 3. The summed E-state index contributed by atoms with van der Waals surface area (Å²) in [4.78, 5) is 41.7. The second kappa shape index (κ2) is 12.2. The van der Waals surface area contributed by atoms with Gasteiger partial charge in [0.2, 0.25) is 11.8 Å². The standard InChI is InChI=1S/C27H41N3O4S/c1-5-18-11-13-19(14-12-18)23(24(31)28-20-9-7-6-8-10-20)30(21-15-16-21)25(32)22(17-35)29-26(33)34-27(2,3)4/h11-14,20-23,35H,5-10,15-17H2,1-4H3,(H,28,31)(H,29,33). The van der Waals surface area contributed by atoms with Gasteiger partial charge in [-0.05, 0) is 64.0 Å². The molecule has 0 aromatic heterocycles. The third-order valence-corrected chi connectivity index (χ3v) is 6.91. The van der Waals surface area contributed by atoms with Gasteiger partial charge in [-0.1, -0.05) is 50.5 Å². The fourth-order valence-corrected chi connectivity index (χ4v) is 4.83. The molecule has 0 saturated heterocycles. The number of hydrogen-bond donors (Lipinski definition) is 3. The van der Waals surface area contributed by atoms with E-state index in [0.717, 1.165) is 50.5 Å². The molecule has 194 valence electrons. The van der Waals surface area contributed by atoms with E-state index >= 15 is 0 Å². The number of nitrogens with zero attached hydrogens (tertiary/aromatic N) is 1. The fraction of sp³-hybridized carbons (Fsp3) is 0.667. The Bertz CT molecular complexity index is 873. The SMILES string of the molecule is CCc1ccc(C(C(=O)NC2CCCCC2)N(C(=O)C(CS)NC(=O)OC(C)(C)C)C2CC2)cc1. The zero-order valence-electron chi connectivity index (χ0n) is 21.5. The summed E-state index contributed by atoms with van der Waals surface area (Å²) in [5.74, 6) is -0.360. The number of aryl methyl sites for hydroxylation is 1. The first-order valence-electron chi connectivity index (χ1n) is 12.9. The van der Waals surface area contributed by atoms with Crippen LogP contribution in [0.1, 0.15) is 89.8 Å². The van der Waals surface area contributed by atoms with Crippen LogP contribution in [0.15, 0.2) is 24.3 Å². The van der Waals surface area contributed by atoms with Crippen LogP contribution in [0.2, 0.25) is 0 Å². The van der Waals surface area contributed by atoms with Gasteiger partial charge >= 0.3 is 6.09 Å². The van der Waals surface area contributed by atoms with E-state index in [1.807, 2.05) is 24.3 Å². The summed E-state index contributed by atoms with van der Waals surface area (Å²) in [6.45, 7) is 7.40. The first kappa shape index (κ1) is 27.4. The summed E-state index contributed by atoms with van der Waals surface area (Å²) in [5.41, 5.74) is 1.27. The van der Waals surface area contributed by atoms with E-state index in [-0.39, 0.29) is 29.7 Å². The summed E-state index contributed by atoms with van der Waals surface area (Å²) in [6.07, 6.45) is 7.22. The lowest BCUT2D eigenvalue weighted by Gasteiger charge is -2.35. The smallest absolute Gasteiger partial charge is 0.408 e. The number of hydrogen-bond acceptors (Lipinski definition) is 5. The first-order valence-corrected chi connectivity index (χ1v) is 13.6. The molecule has 1 aromatic rings. The van der Waals surface area contributed by atoms with Gasteiger partial charge < -0.3 is 20.3 Å². The maximum atomic E-state index is 13.8. The molecule has 2 unspecified atom stereocenters. The van der Waals surface area contributed by atoms with Crippen LogP contribution in [-0.4, -0.2) is 52.3 Å². The largest absolute Gasteiger partial charge is 0.444 e. The molecule has 0 radical (unpaired) electrons. The molecular weight excluding hydrogens is 462 g/mol. The average molecular weight is 504 g/mol.